The van der Waals surface area contributed by atoms with E-state index >= 15 is 0 Å². The van der Waals surface area contributed by atoms with E-state index in [9.17, 15) is 13.2 Å². The van der Waals surface area contributed by atoms with Gasteiger partial charge in [-0.1, -0.05) is 0 Å². The van der Waals surface area contributed by atoms with Gasteiger partial charge in [-0.15, -0.1) is 0 Å². The molecule has 0 aromatic heterocycles. The topological polar surface area (TPSA) is 69.7 Å². The average molecular weight is 317 g/mol. The maximum Gasteiger partial charge on any atom is 0.237 e. The van der Waals surface area contributed by atoms with Crippen LogP contribution in [0.3, 0.4) is 0 Å². The van der Waals surface area contributed by atoms with Crippen LogP contribution in [0.5, 0.6) is 0 Å². The van der Waals surface area contributed by atoms with Gasteiger partial charge in [0, 0.05) is 19.1 Å². The van der Waals surface area contributed by atoms with Crippen LogP contribution in [0.2, 0.25) is 0 Å². The minimum Gasteiger partial charge on any atom is -0.338 e. The summed E-state index contributed by atoms with van der Waals surface area (Å²) in [6, 6.07) is -0.122. The Morgan fingerprint density at radius 2 is 2.14 bits per heavy atom. The zero-order valence-electron chi connectivity index (χ0n) is 13.0. The van der Waals surface area contributed by atoms with Crippen LogP contribution in [0.15, 0.2) is 0 Å². The van der Waals surface area contributed by atoms with Crippen molar-refractivity contribution in [1.29, 1.82) is 0 Å². The van der Waals surface area contributed by atoms with Gasteiger partial charge in [0.1, 0.15) is 0 Å². The van der Waals surface area contributed by atoms with E-state index in [1.54, 1.807) is 4.90 Å². The standard InChI is InChI=1S/C14H27N3O3S/c1-3-17(13-5-7-21(19,20)11-13)14(18)10-16-6-4-12(9-16)8-15-2/h12-13,15H,3-11H2,1-2H3. The molecule has 0 aromatic rings. The minimum atomic E-state index is -2.94. The van der Waals surface area contributed by atoms with Crippen LogP contribution >= 0.6 is 0 Å². The Morgan fingerprint density at radius 3 is 2.71 bits per heavy atom. The highest BCUT2D eigenvalue weighted by Gasteiger charge is 2.34. The van der Waals surface area contributed by atoms with Crippen molar-refractivity contribution >= 4 is 15.7 Å². The first-order valence-electron chi connectivity index (χ1n) is 7.82. The lowest BCUT2D eigenvalue weighted by Crippen LogP contribution is -2.45. The summed E-state index contributed by atoms with van der Waals surface area (Å²) < 4.78 is 23.2. The van der Waals surface area contributed by atoms with E-state index in [-0.39, 0.29) is 23.5 Å². The number of sulfone groups is 1. The van der Waals surface area contributed by atoms with Crippen LogP contribution in [0.4, 0.5) is 0 Å². The molecule has 0 aromatic carbocycles. The molecule has 0 radical (unpaired) electrons. The summed E-state index contributed by atoms with van der Waals surface area (Å²) in [5.74, 6) is 1.04. The predicted octanol–water partition coefficient (Wildman–Crippen LogP) is -0.437. The molecule has 2 fully saturated rings. The monoisotopic (exact) mass is 317 g/mol. The Kier molecular flexibility index (Phi) is 5.62. The highest BCUT2D eigenvalue weighted by Crippen LogP contribution is 2.19. The third-order valence-electron chi connectivity index (χ3n) is 4.53. The summed E-state index contributed by atoms with van der Waals surface area (Å²) in [6.45, 7) is 5.84. The van der Waals surface area contributed by atoms with E-state index in [4.69, 9.17) is 0 Å². The highest BCUT2D eigenvalue weighted by molar-refractivity contribution is 7.91. The van der Waals surface area contributed by atoms with Crippen LogP contribution in [0.1, 0.15) is 19.8 Å². The fraction of sp³-hybridized carbons (Fsp3) is 0.929. The van der Waals surface area contributed by atoms with Crippen molar-refractivity contribution in [2.24, 2.45) is 5.92 Å². The van der Waals surface area contributed by atoms with Gasteiger partial charge in [0.25, 0.3) is 0 Å². The quantitative estimate of drug-likeness (QED) is 0.719. The highest BCUT2D eigenvalue weighted by atomic mass is 32.2. The maximum atomic E-state index is 12.5. The van der Waals surface area contributed by atoms with Crippen LogP contribution in [-0.4, -0.2) is 81.4 Å². The molecule has 7 heteroatoms. The average Bonchev–Trinajstić information content (AvgIpc) is 2.98. The fourth-order valence-electron chi connectivity index (χ4n) is 3.45. The fourth-order valence-corrected chi connectivity index (χ4v) is 5.18. The number of carbonyl (C=O) groups is 1. The van der Waals surface area contributed by atoms with Crippen molar-refractivity contribution in [3.63, 3.8) is 0 Å². The molecule has 0 bridgehead atoms. The molecular weight excluding hydrogens is 290 g/mol. The van der Waals surface area contributed by atoms with Crippen molar-refractivity contribution in [1.82, 2.24) is 15.1 Å². The summed E-state index contributed by atoms with van der Waals surface area (Å²) in [4.78, 5) is 16.4. The van der Waals surface area contributed by atoms with Crippen LogP contribution in [-0.2, 0) is 14.6 Å². The van der Waals surface area contributed by atoms with Crippen LogP contribution in [0, 0.1) is 5.92 Å². The van der Waals surface area contributed by atoms with Crippen molar-refractivity contribution in [2.75, 3.05) is 51.3 Å². The Morgan fingerprint density at radius 1 is 1.38 bits per heavy atom. The van der Waals surface area contributed by atoms with Crippen LogP contribution in [0.25, 0.3) is 0 Å². The molecule has 1 N–H and O–H groups in total. The van der Waals surface area contributed by atoms with E-state index < -0.39 is 9.84 Å². The first kappa shape index (κ1) is 16.7. The Labute approximate surface area is 127 Å². The van der Waals surface area contributed by atoms with E-state index in [0.29, 0.717) is 25.4 Å². The molecule has 2 saturated heterocycles. The number of nitrogens with one attached hydrogen (secondary N) is 1. The first-order valence-corrected chi connectivity index (χ1v) is 9.64. The largest absolute Gasteiger partial charge is 0.338 e. The molecule has 0 spiro atoms. The van der Waals surface area contributed by atoms with Gasteiger partial charge in [-0.25, -0.2) is 8.42 Å². The molecule has 2 aliphatic rings. The molecule has 6 nitrogen and oxygen atoms in total. The molecule has 2 rings (SSSR count). The van der Waals surface area contributed by atoms with E-state index in [1.807, 2.05) is 14.0 Å². The molecule has 2 atom stereocenters. The molecule has 2 aliphatic heterocycles. The lowest BCUT2D eigenvalue weighted by atomic mass is 10.1. The smallest absolute Gasteiger partial charge is 0.237 e. The first-order chi connectivity index (χ1) is 9.95. The minimum absolute atomic E-state index is 0.0738. The Hall–Kier alpha value is -0.660. The molecule has 2 heterocycles. The Bertz CT molecular complexity index is 466. The second kappa shape index (κ2) is 7.07. The summed E-state index contributed by atoms with van der Waals surface area (Å²) in [5.41, 5.74) is 0. The summed E-state index contributed by atoms with van der Waals surface area (Å²) in [6.07, 6.45) is 1.71. The molecule has 0 aliphatic carbocycles. The van der Waals surface area contributed by atoms with E-state index in [0.717, 1.165) is 26.1 Å². The van der Waals surface area contributed by atoms with Crippen molar-refractivity contribution in [3.05, 3.63) is 0 Å². The number of hydrogen-bond donors (Lipinski definition) is 1. The number of rotatable bonds is 6. The summed E-state index contributed by atoms with van der Waals surface area (Å²) in [5, 5.41) is 3.18. The number of hydrogen-bond acceptors (Lipinski definition) is 5. The third kappa shape index (κ3) is 4.40. The summed E-state index contributed by atoms with van der Waals surface area (Å²) >= 11 is 0. The summed E-state index contributed by atoms with van der Waals surface area (Å²) in [7, 11) is -0.992. The number of carbonyl (C=O) groups excluding carboxylic acids is 1. The van der Waals surface area contributed by atoms with Gasteiger partial charge in [0.05, 0.1) is 18.1 Å². The molecule has 122 valence electrons. The van der Waals surface area contributed by atoms with Crippen molar-refractivity contribution < 1.29 is 13.2 Å². The molecule has 0 saturated carbocycles. The van der Waals surface area contributed by atoms with Gasteiger partial charge in [0.2, 0.25) is 5.91 Å². The van der Waals surface area contributed by atoms with Crippen molar-refractivity contribution in [2.45, 2.75) is 25.8 Å². The number of likely N-dealkylation sites (tertiary alicyclic amines) is 1. The molecule has 1 amide bonds. The van der Waals surface area contributed by atoms with Gasteiger partial charge in [-0.2, -0.15) is 0 Å². The van der Waals surface area contributed by atoms with E-state index in [2.05, 4.69) is 10.2 Å². The second-order valence-corrected chi connectivity index (χ2v) is 8.41. The van der Waals surface area contributed by atoms with Gasteiger partial charge in [-0.05, 0) is 45.8 Å². The van der Waals surface area contributed by atoms with Crippen LogP contribution < -0.4 is 5.32 Å². The zero-order chi connectivity index (χ0) is 15.5. The number of likely N-dealkylation sites (N-methyl/N-ethyl adjacent to an activating group) is 1. The van der Waals surface area contributed by atoms with Gasteiger partial charge < -0.3 is 10.2 Å². The second-order valence-electron chi connectivity index (χ2n) is 6.18. The molecule has 21 heavy (non-hydrogen) atoms. The zero-order valence-corrected chi connectivity index (χ0v) is 13.9. The van der Waals surface area contributed by atoms with Gasteiger partial charge in [-0.3, -0.25) is 9.69 Å². The predicted molar refractivity (Wildman–Crippen MR) is 82.9 cm³/mol. The third-order valence-corrected chi connectivity index (χ3v) is 6.28. The molecular formula is C14H27N3O3S. The van der Waals surface area contributed by atoms with Crippen molar-refractivity contribution in [3.8, 4) is 0 Å². The SMILES string of the molecule is CCN(C(=O)CN1CCC(CNC)C1)C1CCS(=O)(=O)C1. The molecule has 2 unspecified atom stereocenters. The van der Waals surface area contributed by atoms with Gasteiger partial charge >= 0.3 is 0 Å². The maximum absolute atomic E-state index is 12.5. The normalized spacial score (nSPS) is 28.9. The Balaban J connectivity index is 1.87. The van der Waals surface area contributed by atoms with E-state index in [1.165, 1.54) is 0 Å². The lowest BCUT2D eigenvalue weighted by molar-refractivity contribution is -0.133. The number of amides is 1. The van der Waals surface area contributed by atoms with Gasteiger partial charge in [0.15, 0.2) is 9.84 Å². The number of nitrogens with zero attached hydrogens (tertiary/aromatic N) is 2. The lowest BCUT2D eigenvalue weighted by Gasteiger charge is -2.29.